The van der Waals surface area contributed by atoms with E-state index in [9.17, 15) is 13.2 Å². The lowest BCUT2D eigenvalue weighted by Gasteiger charge is -2.03. The van der Waals surface area contributed by atoms with Crippen LogP contribution < -0.4 is 16.2 Å². The van der Waals surface area contributed by atoms with Crippen LogP contribution in [0.1, 0.15) is 16.9 Å². The molecule has 94 valence electrons. The number of rotatable bonds is 5. The first kappa shape index (κ1) is 13.3. The molecule has 0 fully saturated rings. The maximum Gasteiger partial charge on any atom is 0.271 e. The summed E-state index contributed by atoms with van der Waals surface area (Å²) in [7, 11) is -3.49. The Morgan fingerprint density at radius 2 is 2.06 bits per heavy atom. The molecule has 1 amide bonds. The quantitative estimate of drug-likeness (QED) is 0.547. The molecule has 9 heteroatoms. The largest absolute Gasteiger partial charge is 0.382 e. The van der Waals surface area contributed by atoms with Gasteiger partial charge in [-0.1, -0.05) is 0 Å². The molecular weight excluding hydrogens is 246 g/mol. The van der Waals surface area contributed by atoms with Gasteiger partial charge in [-0.05, 0) is 18.6 Å². The minimum absolute atomic E-state index is 0.120. The van der Waals surface area contributed by atoms with Crippen molar-refractivity contribution in [2.24, 2.45) is 5.14 Å². The minimum atomic E-state index is -3.49. The molecule has 0 spiro atoms. The number of hydrogen-bond acceptors (Lipinski definition) is 6. The van der Waals surface area contributed by atoms with Crippen molar-refractivity contribution >= 4 is 21.7 Å². The van der Waals surface area contributed by atoms with Crippen molar-refractivity contribution < 1.29 is 13.2 Å². The summed E-state index contributed by atoms with van der Waals surface area (Å²) >= 11 is 0. The molecule has 5 N–H and O–H groups in total. The van der Waals surface area contributed by atoms with Crippen molar-refractivity contribution in [2.75, 3.05) is 18.0 Å². The van der Waals surface area contributed by atoms with E-state index in [-0.39, 0.29) is 30.2 Å². The Labute approximate surface area is 98.5 Å². The van der Waals surface area contributed by atoms with E-state index in [0.29, 0.717) is 0 Å². The van der Waals surface area contributed by atoms with Gasteiger partial charge in [-0.2, -0.15) is 0 Å². The summed E-state index contributed by atoms with van der Waals surface area (Å²) in [6.07, 6.45) is 0.243. The Morgan fingerprint density at radius 1 is 1.35 bits per heavy atom. The molecule has 0 radical (unpaired) electrons. The van der Waals surface area contributed by atoms with E-state index in [1.807, 2.05) is 0 Å². The van der Waals surface area contributed by atoms with Crippen LogP contribution in [0.15, 0.2) is 12.1 Å². The van der Waals surface area contributed by atoms with Crippen LogP contribution in [0.3, 0.4) is 0 Å². The Balaban J connectivity index is 2.38. The Bertz CT molecular complexity index is 484. The number of carbonyl (C=O) groups is 1. The molecule has 0 bridgehead atoms. The molecule has 0 saturated heterocycles. The summed E-state index contributed by atoms with van der Waals surface area (Å²) in [6.45, 7) is 0.196. The molecule has 0 aromatic carbocycles. The van der Waals surface area contributed by atoms with Crippen molar-refractivity contribution in [3.63, 3.8) is 0 Å². The number of primary sulfonamides is 1. The number of carbonyl (C=O) groups excluding carboxylic acids is 1. The Hall–Kier alpha value is -1.74. The maximum absolute atomic E-state index is 11.4. The van der Waals surface area contributed by atoms with E-state index in [1.165, 1.54) is 12.1 Å². The standard InChI is InChI=1S/C8H13N5O3S/c9-7-3-2-6(12-13-7)8(14)11-4-1-5-17(10,15)16/h2-3H,1,4-5H2,(H2,9,13)(H,11,14)(H2,10,15,16). The molecule has 1 heterocycles. The summed E-state index contributed by atoms with van der Waals surface area (Å²) in [4.78, 5) is 11.4. The predicted octanol–water partition coefficient (Wildman–Crippen LogP) is -1.53. The zero-order chi connectivity index (χ0) is 12.9. The lowest BCUT2D eigenvalue weighted by atomic mass is 10.3. The van der Waals surface area contributed by atoms with E-state index in [0.717, 1.165) is 0 Å². The number of amides is 1. The third kappa shape index (κ3) is 5.22. The highest BCUT2D eigenvalue weighted by molar-refractivity contribution is 7.89. The summed E-state index contributed by atoms with van der Waals surface area (Å²) < 4.78 is 21.2. The zero-order valence-electron chi connectivity index (χ0n) is 8.96. The second-order valence-electron chi connectivity index (χ2n) is 3.32. The summed E-state index contributed by atoms with van der Waals surface area (Å²) in [5, 5.41) is 14.4. The minimum Gasteiger partial charge on any atom is -0.382 e. The van der Waals surface area contributed by atoms with E-state index < -0.39 is 15.9 Å². The number of hydrogen-bond donors (Lipinski definition) is 3. The predicted molar refractivity (Wildman–Crippen MR) is 61.4 cm³/mol. The van der Waals surface area contributed by atoms with Gasteiger partial charge in [0.25, 0.3) is 5.91 Å². The Morgan fingerprint density at radius 3 is 2.59 bits per heavy atom. The Kier molecular flexibility index (Phi) is 4.35. The number of nitrogens with zero attached hydrogens (tertiary/aromatic N) is 2. The summed E-state index contributed by atoms with van der Waals surface area (Å²) in [5.74, 6) is -0.400. The second kappa shape index (κ2) is 5.55. The molecule has 0 aliphatic carbocycles. The van der Waals surface area contributed by atoms with E-state index >= 15 is 0 Å². The van der Waals surface area contributed by atoms with Crippen LogP contribution in [0, 0.1) is 0 Å². The SMILES string of the molecule is Nc1ccc(C(=O)NCCCS(N)(=O)=O)nn1. The van der Waals surface area contributed by atoms with Gasteiger partial charge >= 0.3 is 0 Å². The number of nitrogens with two attached hydrogens (primary N) is 2. The fraction of sp³-hybridized carbons (Fsp3) is 0.375. The van der Waals surface area contributed by atoms with Crippen molar-refractivity contribution in [1.29, 1.82) is 0 Å². The van der Waals surface area contributed by atoms with E-state index in [1.54, 1.807) is 0 Å². The normalized spacial score (nSPS) is 11.1. The highest BCUT2D eigenvalue weighted by Gasteiger charge is 2.08. The van der Waals surface area contributed by atoms with Crippen LogP contribution in [0.5, 0.6) is 0 Å². The van der Waals surface area contributed by atoms with Crippen LogP contribution in [-0.2, 0) is 10.0 Å². The molecule has 17 heavy (non-hydrogen) atoms. The number of aromatic nitrogens is 2. The highest BCUT2D eigenvalue weighted by atomic mass is 32.2. The van der Waals surface area contributed by atoms with Gasteiger partial charge in [-0.3, -0.25) is 4.79 Å². The molecule has 1 aromatic heterocycles. The van der Waals surface area contributed by atoms with Crippen LogP contribution in [0.4, 0.5) is 5.82 Å². The lowest BCUT2D eigenvalue weighted by molar-refractivity contribution is 0.0947. The van der Waals surface area contributed by atoms with Gasteiger partial charge in [0, 0.05) is 6.54 Å². The van der Waals surface area contributed by atoms with Crippen molar-refractivity contribution in [1.82, 2.24) is 15.5 Å². The smallest absolute Gasteiger partial charge is 0.271 e. The molecule has 0 saturated carbocycles. The molecule has 0 aliphatic heterocycles. The zero-order valence-corrected chi connectivity index (χ0v) is 9.77. The first-order chi connectivity index (χ1) is 7.88. The number of sulfonamides is 1. The van der Waals surface area contributed by atoms with Gasteiger partial charge in [0.15, 0.2) is 5.69 Å². The van der Waals surface area contributed by atoms with Crippen LogP contribution >= 0.6 is 0 Å². The average Bonchev–Trinajstić information content (AvgIpc) is 2.24. The third-order valence-electron chi connectivity index (χ3n) is 1.81. The van der Waals surface area contributed by atoms with Crippen molar-refractivity contribution in [3.8, 4) is 0 Å². The topological polar surface area (TPSA) is 141 Å². The second-order valence-corrected chi connectivity index (χ2v) is 5.05. The van der Waals surface area contributed by atoms with Gasteiger partial charge < -0.3 is 11.1 Å². The maximum atomic E-state index is 11.4. The van der Waals surface area contributed by atoms with Gasteiger partial charge in [0.1, 0.15) is 5.82 Å². The fourth-order valence-corrected chi connectivity index (χ4v) is 1.58. The molecule has 0 aliphatic rings. The molecule has 0 atom stereocenters. The van der Waals surface area contributed by atoms with Gasteiger partial charge in [0.05, 0.1) is 5.75 Å². The van der Waals surface area contributed by atoms with Crippen molar-refractivity contribution in [3.05, 3.63) is 17.8 Å². The molecule has 0 unspecified atom stereocenters. The van der Waals surface area contributed by atoms with Gasteiger partial charge in [0.2, 0.25) is 10.0 Å². The average molecular weight is 259 g/mol. The number of nitrogen functional groups attached to an aromatic ring is 1. The molecule has 1 rings (SSSR count). The lowest BCUT2D eigenvalue weighted by Crippen LogP contribution is -2.28. The van der Waals surface area contributed by atoms with E-state index in [2.05, 4.69) is 15.5 Å². The monoisotopic (exact) mass is 259 g/mol. The molecule has 8 nitrogen and oxygen atoms in total. The van der Waals surface area contributed by atoms with Gasteiger partial charge in [-0.15, -0.1) is 10.2 Å². The van der Waals surface area contributed by atoms with E-state index in [4.69, 9.17) is 10.9 Å². The van der Waals surface area contributed by atoms with Crippen LogP contribution in [0.25, 0.3) is 0 Å². The fourth-order valence-electron chi connectivity index (χ4n) is 1.03. The van der Waals surface area contributed by atoms with Crippen LogP contribution in [-0.4, -0.2) is 36.8 Å². The number of anilines is 1. The van der Waals surface area contributed by atoms with Crippen molar-refractivity contribution in [2.45, 2.75) is 6.42 Å². The van der Waals surface area contributed by atoms with Crippen LogP contribution in [0.2, 0.25) is 0 Å². The third-order valence-corrected chi connectivity index (χ3v) is 2.67. The summed E-state index contributed by atoms with van der Waals surface area (Å²) in [5.41, 5.74) is 5.43. The summed E-state index contributed by atoms with van der Waals surface area (Å²) in [6, 6.07) is 2.88. The first-order valence-corrected chi connectivity index (χ1v) is 6.48. The number of nitrogens with one attached hydrogen (secondary N) is 1. The molecular formula is C8H13N5O3S. The highest BCUT2D eigenvalue weighted by Crippen LogP contribution is 1.96. The molecule has 1 aromatic rings. The first-order valence-electron chi connectivity index (χ1n) is 4.76. The van der Waals surface area contributed by atoms with Gasteiger partial charge in [-0.25, -0.2) is 13.6 Å².